The van der Waals surface area contributed by atoms with E-state index in [0.717, 1.165) is 60.1 Å². The van der Waals surface area contributed by atoms with Gasteiger partial charge in [0.25, 0.3) is 0 Å². The first-order valence-corrected chi connectivity index (χ1v) is 10.2. The number of thiazole rings is 1. The number of halogens is 1. The maximum absolute atomic E-state index is 4.78. The summed E-state index contributed by atoms with van der Waals surface area (Å²) in [5.41, 5.74) is 2.28. The second kappa shape index (κ2) is 7.25. The summed E-state index contributed by atoms with van der Waals surface area (Å²) in [4.78, 5) is 18.5. The number of rotatable bonds is 4. The Morgan fingerprint density at radius 2 is 1.80 bits per heavy atom. The normalized spacial score (nSPS) is 15.1. The summed E-state index contributed by atoms with van der Waals surface area (Å²) in [5.74, 6) is 0.840. The first-order valence-electron chi connectivity index (χ1n) is 8.60. The standard InChI is InChI=1S/C18H20BrN5S/c1-2-3-13-11-20-17(21-12-13)23-6-8-24(9-7-23)18-22-15-5-4-14(19)10-16(15)25-18/h4-5,10-12H,2-3,6-9H2,1H3. The minimum absolute atomic E-state index is 0.840. The van der Waals surface area contributed by atoms with Crippen molar-refractivity contribution >= 4 is 48.6 Å². The van der Waals surface area contributed by atoms with Gasteiger partial charge in [-0.3, -0.25) is 0 Å². The van der Waals surface area contributed by atoms with Crippen LogP contribution in [0.1, 0.15) is 18.9 Å². The van der Waals surface area contributed by atoms with E-state index in [1.54, 1.807) is 11.3 Å². The van der Waals surface area contributed by atoms with Gasteiger partial charge in [-0.05, 0) is 30.2 Å². The van der Waals surface area contributed by atoms with Crippen LogP contribution in [0.15, 0.2) is 35.1 Å². The van der Waals surface area contributed by atoms with E-state index in [1.807, 2.05) is 18.5 Å². The molecule has 0 radical (unpaired) electrons. The molecule has 0 unspecified atom stereocenters. The predicted octanol–water partition coefficient (Wildman–Crippen LogP) is 4.13. The Hall–Kier alpha value is -1.73. The van der Waals surface area contributed by atoms with Gasteiger partial charge in [0.2, 0.25) is 5.95 Å². The molecule has 1 fully saturated rings. The number of hydrogen-bond donors (Lipinski definition) is 0. The monoisotopic (exact) mass is 417 g/mol. The molecule has 4 rings (SSSR count). The zero-order valence-corrected chi connectivity index (χ0v) is 16.6. The predicted molar refractivity (Wildman–Crippen MR) is 108 cm³/mol. The van der Waals surface area contributed by atoms with Crippen molar-refractivity contribution in [3.63, 3.8) is 0 Å². The quantitative estimate of drug-likeness (QED) is 0.638. The Labute approximate surface area is 159 Å². The molecule has 0 aliphatic carbocycles. The molecule has 0 N–H and O–H groups in total. The summed E-state index contributed by atoms with van der Waals surface area (Å²) in [6, 6.07) is 6.25. The van der Waals surface area contributed by atoms with Gasteiger partial charge in [-0.25, -0.2) is 15.0 Å². The van der Waals surface area contributed by atoms with E-state index >= 15 is 0 Å². The maximum atomic E-state index is 4.78. The van der Waals surface area contributed by atoms with Crippen LogP contribution in [0.3, 0.4) is 0 Å². The lowest BCUT2D eigenvalue weighted by Crippen LogP contribution is -2.47. The molecule has 130 valence electrons. The van der Waals surface area contributed by atoms with Gasteiger partial charge in [0.15, 0.2) is 5.13 Å². The zero-order chi connectivity index (χ0) is 17.2. The molecule has 1 aliphatic heterocycles. The number of nitrogens with zero attached hydrogens (tertiary/aromatic N) is 5. The van der Waals surface area contributed by atoms with Crippen LogP contribution in [-0.2, 0) is 6.42 Å². The largest absolute Gasteiger partial charge is 0.345 e. The van der Waals surface area contributed by atoms with Gasteiger partial charge < -0.3 is 9.80 Å². The molecule has 2 aromatic heterocycles. The number of hydrogen-bond acceptors (Lipinski definition) is 6. The van der Waals surface area contributed by atoms with E-state index in [4.69, 9.17) is 4.98 Å². The smallest absolute Gasteiger partial charge is 0.225 e. The van der Waals surface area contributed by atoms with Crippen molar-refractivity contribution < 1.29 is 0 Å². The van der Waals surface area contributed by atoms with Crippen LogP contribution in [0.25, 0.3) is 10.2 Å². The van der Waals surface area contributed by atoms with E-state index < -0.39 is 0 Å². The van der Waals surface area contributed by atoms with Crippen molar-refractivity contribution in [1.29, 1.82) is 0 Å². The molecule has 25 heavy (non-hydrogen) atoms. The SMILES string of the molecule is CCCc1cnc(N2CCN(c3nc4ccc(Br)cc4s3)CC2)nc1. The summed E-state index contributed by atoms with van der Waals surface area (Å²) in [6.07, 6.45) is 6.09. The number of piperazine rings is 1. The van der Waals surface area contributed by atoms with Crippen LogP contribution >= 0.6 is 27.3 Å². The third-order valence-electron chi connectivity index (χ3n) is 4.40. The van der Waals surface area contributed by atoms with E-state index in [1.165, 1.54) is 10.3 Å². The van der Waals surface area contributed by atoms with Gasteiger partial charge in [0.05, 0.1) is 10.2 Å². The third-order valence-corrected chi connectivity index (χ3v) is 5.97. The number of aryl methyl sites for hydroxylation is 1. The summed E-state index contributed by atoms with van der Waals surface area (Å²) >= 11 is 5.29. The lowest BCUT2D eigenvalue weighted by molar-refractivity contribution is 0.638. The van der Waals surface area contributed by atoms with Crippen molar-refractivity contribution in [3.8, 4) is 0 Å². The average Bonchev–Trinajstić information content (AvgIpc) is 3.06. The fraction of sp³-hybridized carbons (Fsp3) is 0.389. The highest BCUT2D eigenvalue weighted by Crippen LogP contribution is 2.31. The summed E-state index contributed by atoms with van der Waals surface area (Å²) in [7, 11) is 0. The highest BCUT2D eigenvalue weighted by Gasteiger charge is 2.21. The van der Waals surface area contributed by atoms with E-state index in [-0.39, 0.29) is 0 Å². The van der Waals surface area contributed by atoms with Crippen molar-refractivity contribution in [1.82, 2.24) is 15.0 Å². The zero-order valence-electron chi connectivity index (χ0n) is 14.2. The molecule has 1 saturated heterocycles. The van der Waals surface area contributed by atoms with Gasteiger partial charge >= 0.3 is 0 Å². The van der Waals surface area contributed by atoms with Crippen LogP contribution < -0.4 is 9.80 Å². The lowest BCUT2D eigenvalue weighted by atomic mass is 10.2. The summed E-state index contributed by atoms with van der Waals surface area (Å²) in [5, 5.41) is 1.10. The van der Waals surface area contributed by atoms with Gasteiger partial charge in [0.1, 0.15) is 0 Å². The fourth-order valence-electron chi connectivity index (χ4n) is 3.05. The van der Waals surface area contributed by atoms with Crippen LogP contribution in [0.4, 0.5) is 11.1 Å². The molecule has 1 aliphatic rings. The molecule has 5 nitrogen and oxygen atoms in total. The first-order chi connectivity index (χ1) is 12.2. The Kier molecular flexibility index (Phi) is 4.85. The number of benzene rings is 1. The van der Waals surface area contributed by atoms with Gasteiger partial charge in [-0.2, -0.15) is 0 Å². The molecule has 0 atom stereocenters. The van der Waals surface area contributed by atoms with E-state index in [2.05, 4.69) is 54.8 Å². The molecule has 3 aromatic rings. The fourth-order valence-corrected chi connectivity index (χ4v) is 4.62. The second-order valence-corrected chi connectivity index (χ2v) is 8.15. The van der Waals surface area contributed by atoms with Crippen LogP contribution in [0.2, 0.25) is 0 Å². The highest BCUT2D eigenvalue weighted by molar-refractivity contribution is 9.10. The van der Waals surface area contributed by atoms with Gasteiger partial charge in [-0.1, -0.05) is 40.6 Å². The Balaban J connectivity index is 1.43. The number of fused-ring (bicyclic) bond motifs is 1. The van der Waals surface area contributed by atoms with Crippen molar-refractivity contribution in [2.75, 3.05) is 36.0 Å². The molecule has 1 aromatic carbocycles. The van der Waals surface area contributed by atoms with Gasteiger partial charge in [0, 0.05) is 43.0 Å². The Bertz CT molecular complexity index is 856. The van der Waals surface area contributed by atoms with Crippen LogP contribution in [0.5, 0.6) is 0 Å². The minimum atomic E-state index is 0.840. The summed E-state index contributed by atoms with van der Waals surface area (Å²) in [6.45, 7) is 5.91. The molecule has 3 heterocycles. The van der Waals surface area contributed by atoms with Crippen molar-refractivity contribution in [2.24, 2.45) is 0 Å². The molecule has 0 amide bonds. The molecular formula is C18H20BrN5S. The molecule has 0 bridgehead atoms. The molecule has 0 saturated carbocycles. The number of anilines is 2. The van der Waals surface area contributed by atoms with E-state index in [0.29, 0.717) is 0 Å². The second-order valence-electron chi connectivity index (χ2n) is 6.22. The van der Waals surface area contributed by atoms with Crippen molar-refractivity contribution in [3.05, 3.63) is 40.6 Å². The highest BCUT2D eigenvalue weighted by atomic mass is 79.9. The lowest BCUT2D eigenvalue weighted by Gasteiger charge is -2.34. The topological polar surface area (TPSA) is 45.2 Å². The number of aromatic nitrogens is 3. The van der Waals surface area contributed by atoms with Gasteiger partial charge in [-0.15, -0.1) is 0 Å². The molecule has 7 heteroatoms. The Morgan fingerprint density at radius 1 is 1.08 bits per heavy atom. The van der Waals surface area contributed by atoms with Crippen LogP contribution in [-0.4, -0.2) is 41.1 Å². The summed E-state index contributed by atoms with van der Waals surface area (Å²) < 4.78 is 2.32. The first kappa shape index (κ1) is 16.7. The Morgan fingerprint density at radius 3 is 2.52 bits per heavy atom. The maximum Gasteiger partial charge on any atom is 0.225 e. The van der Waals surface area contributed by atoms with E-state index in [9.17, 15) is 0 Å². The minimum Gasteiger partial charge on any atom is -0.345 e. The third kappa shape index (κ3) is 3.62. The average molecular weight is 418 g/mol. The molecular weight excluding hydrogens is 398 g/mol. The van der Waals surface area contributed by atoms with Crippen molar-refractivity contribution in [2.45, 2.75) is 19.8 Å². The van der Waals surface area contributed by atoms with Crippen LogP contribution in [0, 0.1) is 0 Å². The molecule has 0 spiro atoms.